The zero-order valence-electron chi connectivity index (χ0n) is 13.4. The fourth-order valence-electron chi connectivity index (χ4n) is 2.52. The quantitative estimate of drug-likeness (QED) is 0.447. The second-order valence-electron chi connectivity index (χ2n) is 5.94. The molecule has 0 aromatic rings. The van der Waals surface area contributed by atoms with Gasteiger partial charge in [-0.15, -0.1) is 0 Å². The molecule has 2 N–H and O–H groups in total. The molecule has 0 fully saturated rings. The summed E-state index contributed by atoms with van der Waals surface area (Å²) < 4.78 is 0. The molecular weight excluding hydrogens is 302 g/mol. The molecule has 0 aromatic heterocycles. The van der Waals surface area contributed by atoms with Crippen LogP contribution in [0.3, 0.4) is 0 Å². The largest absolute Gasteiger partial charge is 1.00 e. The lowest BCUT2D eigenvalue weighted by Gasteiger charge is -2.15. The molecule has 0 saturated heterocycles. The molecular formula is C16H36BrNO. The molecule has 0 rings (SSSR count). The molecule has 0 bridgehead atoms. The predicted octanol–water partition coefficient (Wildman–Crippen LogP) is -0.193. The number of aliphatic hydroxyl groups excluding tert-OH is 1. The highest BCUT2D eigenvalue weighted by Gasteiger charge is 2.05. The van der Waals surface area contributed by atoms with Crippen LogP contribution < -0.4 is 21.9 Å². The number of rotatable bonds is 13. The molecule has 2 nitrogen and oxygen atoms in total. The monoisotopic (exact) mass is 337 g/mol. The van der Waals surface area contributed by atoms with E-state index in [-0.39, 0.29) is 23.1 Å². The predicted molar refractivity (Wildman–Crippen MR) is 80.1 cm³/mol. The number of hydrogen-bond donors (Lipinski definition) is 2. The Morgan fingerprint density at radius 2 is 1.26 bits per heavy atom. The van der Waals surface area contributed by atoms with Crippen molar-refractivity contribution in [3.63, 3.8) is 0 Å². The normalized spacial score (nSPS) is 13.9. The SMILES string of the molecule is CCCCCCCCCCCC[NH+](C)CC(C)O.[Br-]. The van der Waals surface area contributed by atoms with Gasteiger partial charge in [-0.25, -0.2) is 0 Å². The fraction of sp³-hybridized carbons (Fsp3) is 1.00. The molecule has 0 heterocycles. The second-order valence-corrected chi connectivity index (χ2v) is 5.94. The van der Waals surface area contributed by atoms with Crippen molar-refractivity contribution in [2.24, 2.45) is 0 Å². The van der Waals surface area contributed by atoms with Gasteiger partial charge in [-0.2, -0.15) is 0 Å². The summed E-state index contributed by atoms with van der Waals surface area (Å²) in [6, 6.07) is 0. The number of likely N-dealkylation sites (N-methyl/N-ethyl adjacent to an activating group) is 1. The highest BCUT2D eigenvalue weighted by Crippen LogP contribution is 2.09. The van der Waals surface area contributed by atoms with Gasteiger partial charge in [0.2, 0.25) is 0 Å². The van der Waals surface area contributed by atoms with Crippen molar-refractivity contribution in [2.45, 2.75) is 84.2 Å². The van der Waals surface area contributed by atoms with E-state index in [0.717, 1.165) is 6.54 Å². The molecule has 3 heteroatoms. The van der Waals surface area contributed by atoms with Gasteiger partial charge in [-0.3, -0.25) is 0 Å². The van der Waals surface area contributed by atoms with E-state index in [1.807, 2.05) is 6.92 Å². The van der Waals surface area contributed by atoms with Gasteiger partial charge in [0.15, 0.2) is 0 Å². The maximum absolute atomic E-state index is 9.26. The van der Waals surface area contributed by atoms with E-state index in [0.29, 0.717) is 0 Å². The van der Waals surface area contributed by atoms with Gasteiger partial charge >= 0.3 is 0 Å². The van der Waals surface area contributed by atoms with Crippen LogP contribution in [0, 0.1) is 0 Å². The van der Waals surface area contributed by atoms with E-state index < -0.39 is 0 Å². The summed E-state index contributed by atoms with van der Waals surface area (Å²) in [6.45, 7) is 6.25. The minimum atomic E-state index is -0.159. The Morgan fingerprint density at radius 1 is 0.842 bits per heavy atom. The maximum Gasteiger partial charge on any atom is 0.103 e. The van der Waals surface area contributed by atoms with Crippen LogP contribution >= 0.6 is 0 Å². The molecule has 0 amide bonds. The number of nitrogens with one attached hydrogen (secondary N) is 1. The molecule has 0 spiro atoms. The van der Waals surface area contributed by atoms with Crippen LogP contribution in [0.5, 0.6) is 0 Å². The van der Waals surface area contributed by atoms with Crippen LogP contribution in [0.25, 0.3) is 0 Å². The van der Waals surface area contributed by atoms with Crippen molar-refractivity contribution >= 4 is 0 Å². The topological polar surface area (TPSA) is 24.7 Å². The van der Waals surface area contributed by atoms with Gasteiger partial charge < -0.3 is 27.0 Å². The Kier molecular flexibility index (Phi) is 18.8. The van der Waals surface area contributed by atoms with Gasteiger partial charge in [-0.1, -0.05) is 58.3 Å². The highest BCUT2D eigenvalue weighted by atomic mass is 79.9. The first kappa shape index (κ1) is 21.7. The van der Waals surface area contributed by atoms with Crippen molar-refractivity contribution in [3.05, 3.63) is 0 Å². The smallest absolute Gasteiger partial charge is 0.103 e. The van der Waals surface area contributed by atoms with Crippen LogP contribution in [0.1, 0.15) is 78.1 Å². The molecule has 118 valence electrons. The summed E-state index contributed by atoms with van der Waals surface area (Å²) in [5.74, 6) is 0. The van der Waals surface area contributed by atoms with Gasteiger partial charge in [0.1, 0.15) is 12.6 Å². The Balaban J connectivity index is 0. The summed E-state index contributed by atoms with van der Waals surface area (Å²) in [4.78, 5) is 1.46. The van der Waals surface area contributed by atoms with Gasteiger partial charge in [0.05, 0.1) is 13.6 Å². The molecule has 0 radical (unpaired) electrons. The zero-order chi connectivity index (χ0) is 13.6. The zero-order valence-corrected chi connectivity index (χ0v) is 15.0. The van der Waals surface area contributed by atoms with E-state index >= 15 is 0 Å². The van der Waals surface area contributed by atoms with Crippen molar-refractivity contribution in [1.29, 1.82) is 0 Å². The van der Waals surface area contributed by atoms with Crippen LogP contribution in [0.4, 0.5) is 0 Å². The van der Waals surface area contributed by atoms with E-state index in [1.165, 1.54) is 75.7 Å². The third-order valence-corrected chi connectivity index (χ3v) is 3.60. The average Bonchev–Trinajstić information content (AvgIpc) is 2.30. The summed E-state index contributed by atoms with van der Waals surface area (Å²) in [5.41, 5.74) is 0. The number of halogens is 1. The summed E-state index contributed by atoms with van der Waals surface area (Å²) in [6.07, 6.45) is 13.8. The first-order valence-electron chi connectivity index (χ1n) is 8.16. The Bertz CT molecular complexity index is 165. The van der Waals surface area contributed by atoms with E-state index in [1.54, 1.807) is 0 Å². The van der Waals surface area contributed by atoms with Crippen LogP contribution in [0.2, 0.25) is 0 Å². The second kappa shape index (κ2) is 16.5. The van der Waals surface area contributed by atoms with Crippen molar-refractivity contribution in [3.8, 4) is 0 Å². The van der Waals surface area contributed by atoms with Crippen LogP contribution in [-0.2, 0) is 0 Å². The van der Waals surface area contributed by atoms with Gasteiger partial charge in [0.25, 0.3) is 0 Å². The van der Waals surface area contributed by atoms with Crippen LogP contribution in [0.15, 0.2) is 0 Å². The van der Waals surface area contributed by atoms with E-state index in [2.05, 4.69) is 14.0 Å². The molecule has 0 aromatic carbocycles. The Hall–Kier alpha value is 0.400. The Labute approximate surface area is 131 Å². The molecule has 19 heavy (non-hydrogen) atoms. The molecule has 0 aliphatic heterocycles. The maximum atomic E-state index is 9.26. The third kappa shape index (κ3) is 18.4. The first-order chi connectivity index (χ1) is 8.66. The summed E-state index contributed by atoms with van der Waals surface area (Å²) in [5, 5.41) is 9.26. The van der Waals surface area contributed by atoms with Gasteiger partial charge in [-0.05, 0) is 19.8 Å². The number of aliphatic hydroxyl groups is 1. The number of quaternary nitrogens is 1. The van der Waals surface area contributed by atoms with E-state index in [9.17, 15) is 5.11 Å². The lowest BCUT2D eigenvalue weighted by Crippen LogP contribution is -3.10. The van der Waals surface area contributed by atoms with Crippen molar-refractivity contribution in [2.75, 3.05) is 20.1 Å². The molecule has 0 saturated carbocycles. The highest BCUT2D eigenvalue weighted by molar-refractivity contribution is 4.47. The van der Waals surface area contributed by atoms with Crippen molar-refractivity contribution in [1.82, 2.24) is 0 Å². The number of hydrogen-bond acceptors (Lipinski definition) is 1. The van der Waals surface area contributed by atoms with Gasteiger partial charge in [0, 0.05) is 0 Å². The third-order valence-electron chi connectivity index (χ3n) is 3.60. The minimum absolute atomic E-state index is 0. The standard InChI is InChI=1S/C16H35NO.BrH/c1-4-5-6-7-8-9-10-11-12-13-14-17(3)15-16(2)18;/h16,18H,4-15H2,1-3H3;1H. The van der Waals surface area contributed by atoms with E-state index in [4.69, 9.17) is 0 Å². The lowest BCUT2D eigenvalue weighted by atomic mass is 10.1. The van der Waals surface area contributed by atoms with Crippen molar-refractivity contribution < 1.29 is 27.0 Å². The summed E-state index contributed by atoms with van der Waals surface area (Å²) in [7, 11) is 2.18. The molecule has 2 atom stereocenters. The summed E-state index contributed by atoms with van der Waals surface area (Å²) >= 11 is 0. The van der Waals surface area contributed by atoms with Crippen LogP contribution in [-0.4, -0.2) is 31.3 Å². The first-order valence-corrected chi connectivity index (χ1v) is 8.16. The average molecular weight is 338 g/mol. The Morgan fingerprint density at radius 3 is 1.68 bits per heavy atom. The fourth-order valence-corrected chi connectivity index (χ4v) is 2.52. The minimum Gasteiger partial charge on any atom is -1.00 e. The molecule has 0 aliphatic rings. The molecule has 2 unspecified atom stereocenters. The number of unbranched alkanes of at least 4 members (excludes halogenated alkanes) is 9. The lowest BCUT2D eigenvalue weighted by molar-refractivity contribution is -0.882. The molecule has 0 aliphatic carbocycles.